The van der Waals surface area contributed by atoms with Crippen molar-refractivity contribution in [2.75, 3.05) is 33.9 Å². The molecule has 100 valence electrons. The van der Waals surface area contributed by atoms with Gasteiger partial charge in [-0.15, -0.1) is 0 Å². The number of rotatable bonds is 3. The van der Waals surface area contributed by atoms with Crippen molar-refractivity contribution < 1.29 is 14.2 Å². The van der Waals surface area contributed by atoms with E-state index in [2.05, 4.69) is 11.9 Å². The van der Waals surface area contributed by atoms with Crippen molar-refractivity contribution in [3.05, 3.63) is 29.6 Å². The lowest BCUT2D eigenvalue weighted by Crippen LogP contribution is -2.43. The lowest BCUT2D eigenvalue weighted by Gasteiger charge is -2.40. The third kappa shape index (κ3) is 2.35. The van der Waals surface area contributed by atoms with Crippen LogP contribution in [0.3, 0.4) is 0 Å². The Morgan fingerprint density at radius 1 is 1.39 bits per heavy atom. The maximum atomic E-state index is 13.5. The van der Waals surface area contributed by atoms with Crippen molar-refractivity contribution in [1.82, 2.24) is 4.90 Å². The summed E-state index contributed by atoms with van der Waals surface area (Å²) < 4.78 is 18.8. The van der Waals surface area contributed by atoms with Crippen molar-refractivity contribution in [3.8, 4) is 5.75 Å². The smallest absolute Gasteiger partial charge is 0.123 e. The van der Waals surface area contributed by atoms with Crippen LogP contribution in [0.4, 0.5) is 4.39 Å². The van der Waals surface area contributed by atoms with E-state index in [-0.39, 0.29) is 17.8 Å². The minimum Gasteiger partial charge on any atom is -0.496 e. The number of piperidine rings is 1. The van der Waals surface area contributed by atoms with Gasteiger partial charge in [-0.1, -0.05) is 0 Å². The lowest BCUT2D eigenvalue weighted by molar-refractivity contribution is 0.112. The molecule has 0 atom stereocenters. The molecule has 1 aromatic rings. The van der Waals surface area contributed by atoms with Gasteiger partial charge < -0.3 is 14.7 Å². The number of aliphatic hydroxyl groups is 1. The van der Waals surface area contributed by atoms with Crippen LogP contribution in [0.5, 0.6) is 5.75 Å². The van der Waals surface area contributed by atoms with Crippen molar-refractivity contribution in [2.45, 2.75) is 18.3 Å². The molecule has 2 rings (SSSR count). The summed E-state index contributed by atoms with van der Waals surface area (Å²) >= 11 is 0. The Bertz CT molecular complexity index is 414. The van der Waals surface area contributed by atoms with Crippen LogP contribution >= 0.6 is 0 Å². The van der Waals surface area contributed by atoms with Gasteiger partial charge in [0.1, 0.15) is 11.6 Å². The maximum Gasteiger partial charge on any atom is 0.123 e. The molecule has 1 aliphatic rings. The van der Waals surface area contributed by atoms with E-state index in [0.29, 0.717) is 5.75 Å². The zero-order chi connectivity index (χ0) is 13.2. The van der Waals surface area contributed by atoms with E-state index in [9.17, 15) is 9.50 Å². The summed E-state index contributed by atoms with van der Waals surface area (Å²) in [7, 11) is 3.64. The highest BCUT2D eigenvalue weighted by Crippen LogP contribution is 2.40. The van der Waals surface area contributed by atoms with Gasteiger partial charge in [0.25, 0.3) is 0 Å². The lowest BCUT2D eigenvalue weighted by atomic mass is 9.73. The van der Waals surface area contributed by atoms with Gasteiger partial charge in [-0.2, -0.15) is 0 Å². The number of hydrogen-bond donors (Lipinski definition) is 1. The third-order valence-electron chi connectivity index (χ3n) is 3.98. The predicted octanol–water partition coefficient (Wildman–Crippen LogP) is 1.79. The standard InChI is InChI=1S/C14H20FNO2/c1-16-7-5-14(10-17,6-8-16)12-9-11(15)3-4-13(12)18-2/h3-4,9,17H,5-8,10H2,1-2H3. The molecule has 0 spiro atoms. The van der Waals surface area contributed by atoms with Gasteiger partial charge in [0, 0.05) is 11.0 Å². The number of aliphatic hydroxyl groups excluding tert-OH is 1. The summed E-state index contributed by atoms with van der Waals surface area (Å²) in [6.45, 7) is 1.83. The van der Waals surface area contributed by atoms with Crippen molar-refractivity contribution in [2.24, 2.45) is 0 Å². The second-order valence-corrected chi connectivity index (χ2v) is 5.09. The SMILES string of the molecule is COc1ccc(F)cc1C1(CO)CCN(C)CC1. The fourth-order valence-corrected chi connectivity index (χ4v) is 2.65. The Morgan fingerprint density at radius 2 is 2.06 bits per heavy atom. The molecule has 4 heteroatoms. The largest absolute Gasteiger partial charge is 0.496 e. The molecule has 0 bridgehead atoms. The predicted molar refractivity (Wildman–Crippen MR) is 68.4 cm³/mol. The van der Waals surface area contributed by atoms with Gasteiger partial charge >= 0.3 is 0 Å². The Labute approximate surface area is 107 Å². The van der Waals surface area contributed by atoms with E-state index in [4.69, 9.17) is 4.74 Å². The first-order chi connectivity index (χ1) is 8.61. The highest BCUT2D eigenvalue weighted by molar-refractivity contribution is 5.41. The molecule has 0 aromatic heterocycles. The number of hydrogen-bond acceptors (Lipinski definition) is 3. The van der Waals surface area contributed by atoms with E-state index in [0.717, 1.165) is 31.5 Å². The van der Waals surface area contributed by atoms with Crippen molar-refractivity contribution in [1.29, 1.82) is 0 Å². The van der Waals surface area contributed by atoms with Crippen LogP contribution in [0.25, 0.3) is 0 Å². The minimum absolute atomic E-state index is 0.0284. The second kappa shape index (κ2) is 5.24. The average molecular weight is 253 g/mol. The molecule has 1 fully saturated rings. The van der Waals surface area contributed by atoms with Gasteiger partial charge in [-0.05, 0) is 51.2 Å². The normalized spacial score (nSPS) is 19.8. The van der Waals surface area contributed by atoms with Gasteiger partial charge in [-0.3, -0.25) is 0 Å². The molecule has 1 aromatic carbocycles. The van der Waals surface area contributed by atoms with Gasteiger partial charge in [0.05, 0.1) is 13.7 Å². The molecule has 0 aliphatic carbocycles. The summed E-state index contributed by atoms with van der Waals surface area (Å²) in [4.78, 5) is 2.22. The molecule has 1 N–H and O–H groups in total. The Hall–Kier alpha value is -1.13. The number of likely N-dealkylation sites (tertiary alicyclic amines) is 1. The van der Waals surface area contributed by atoms with Gasteiger partial charge in [-0.25, -0.2) is 4.39 Å². The molecule has 3 nitrogen and oxygen atoms in total. The van der Waals surface area contributed by atoms with Crippen LogP contribution in [0.2, 0.25) is 0 Å². The van der Waals surface area contributed by atoms with E-state index in [1.54, 1.807) is 13.2 Å². The van der Waals surface area contributed by atoms with Gasteiger partial charge in [0.2, 0.25) is 0 Å². The molecule has 1 heterocycles. The first-order valence-electron chi connectivity index (χ1n) is 6.25. The molecule has 0 saturated carbocycles. The Kier molecular flexibility index (Phi) is 3.88. The molecule has 0 amide bonds. The molecule has 0 unspecified atom stereocenters. The fraction of sp³-hybridized carbons (Fsp3) is 0.571. The topological polar surface area (TPSA) is 32.7 Å². The van der Waals surface area contributed by atoms with Crippen molar-refractivity contribution >= 4 is 0 Å². The number of nitrogens with zero attached hydrogens (tertiary/aromatic N) is 1. The van der Waals surface area contributed by atoms with Crippen molar-refractivity contribution in [3.63, 3.8) is 0 Å². The number of benzene rings is 1. The fourth-order valence-electron chi connectivity index (χ4n) is 2.65. The summed E-state index contributed by atoms with van der Waals surface area (Å²) in [5, 5.41) is 9.80. The summed E-state index contributed by atoms with van der Waals surface area (Å²) in [6.07, 6.45) is 1.64. The molecule has 0 radical (unpaired) electrons. The highest BCUT2D eigenvalue weighted by Gasteiger charge is 2.37. The summed E-state index contributed by atoms with van der Waals surface area (Å²) in [5.74, 6) is 0.382. The maximum absolute atomic E-state index is 13.5. The monoisotopic (exact) mass is 253 g/mol. The Morgan fingerprint density at radius 3 is 2.61 bits per heavy atom. The molecule has 18 heavy (non-hydrogen) atoms. The first kappa shape index (κ1) is 13.3. The van der Waals surface area contributed by atoms with Crippen LogP contribution in [0, 0.1) is 5.82 Å². The highest BCUT2D eigenvalue weighted by atomic mass is 19.1. The summed E-state index contributed by atoms with van der Waals surface area (Å²) in [6, 6.07) is 4.53. The van der Waals surface area contributed by atoms with Crippen LogP contribution < -0.4 is 4.74 Å². The molecule has 1 saturated heterocycles. The molecular weight excluding hydrogens is 233 g/mol. The second-order valence-electron chi connectivity index (χ2n) is 5.09. The Balaban J connectivity index is 2.40. The molecule has 1 aliphatic heterocycles. The van der Waals surface area contributed by atoms with E-state index < -0.39 is 0 Å². The van der Waals surface area contributed by atoms with E-state index >= 15 is 0 Å². The first-order valence-corrected chi connectivity index (χ1v) is 6.25. The average Bonchev–Trinajstić information content (AvgIpc) is 2.40. The third-order valence-corrected chi connectivity index (χ3v) is 3.98. The van der Waals surface area contributed by atoms with Crippen LogP contribution in [-0.4, -0.2) is 43.9 Å². The van der Waals surface area contributed by atoms with E-state index in [1.807, 2.05) is 0 Å². The number of ether oxygens (including phenoxy) is 1. The summed E-state index contributed by atoms with van der Waals surface area (Å²) in [5.41, 5.74) is 0.417. The van der Waals surface area contributed by atoms with Crippen LogP contribution in [-0.2, 0) is 5.41 Å². The quantitative estimate of drug-likeness (QED) is 0.891. The van der Waals surface area contributed by atoms with E-state index in [1.165, 1.54) is 12.1 Å². The molecular formula is C14H20FNO2. The minimum atomic E-state index is -0.375. The van der Waals surface area contributed by atoms with Gasteiger partial charge in [0.15, 0.2) is 0 Å². The number of methoxy groups -OCH3 is 1. The zero-order valence-corrected chi connectivity index (χ0v) is 10.9. The van der Waals surface area contributed by atoms with Crippen LogP contribution in [0.1, 0.15) is 18.4 Å². The zero-order valence-electron chi connectivity index (χ0n) is 10.9. The van der Waals surface area contributed by atoms with Crippen LogP contribution in [0.15, 0.2) is 18.2 Å². The number of halogens is 1.